The maximum atomic E-state index is 11.5. The van der Waals surface area contributed by atoms with Crippen LogP contribution in [0.25, 0.3) is 0 Å². The number of carboxylic acid groups (broad SMARTS) is 1. The fraction of sp³-hybridized carbons (Fsp3) is 0.417. The zero-order valence-electron chi connectivity index (χ0n) is 10.0. The summed E-state index contributed by atoms with van der Waals surface area (Å²) in [6.45, 7) is 2.80. The predicted molar refractivity (Wildman–Crippen MR) is 65.5 cm³/mol. The van der Waals surface area contributed by atoms with Crippen LogP contribution in [0.2, 0.25) is 0 Å². The molecule has 3 N–H and O–H groups in total. The van der Waals surface area contributed by atoms with Gasteiger partial charge < -0.3 is 15.7 Å². The van der Waals surface area contributed by atoms with Gasteiger partial charge in [-0.2, -0.15) is 0 Å². The second-order valence-corrected chi connectivity index (χ2v) is 4.58. The van der Waals surface area contributed by atoms with Crippen LogP contribution in [0.3, 0.4) is 0 Å². The zero-order valence-corrected chi connectivity index (χ0v) is 10.0. The number of rotatable bonds is 4. The average molecular weight is 249 g/mol. The molecule has 2 atom stereocenters. The summed E-state index contributed by atoms with van der Waals surface area (Å²) in [6.07, 6.45) is 3.79. The topological polar surface area (TPSA) is 91.3 Å². The zero-order chi connectivity index (χ0) is 13.1. The summed E-state index contributed by atoms with van der Waals surface area (Å²) in [6, 6.07) is 1.03. The number of anilines is 1. The van der Waals surface area contributed by atoms with Crippen molar-refractivity contribution in [3.8, 4) is 0 Å². The molecule has 96 valence electrons. The van der Waals surface area contributed by atoms with Crippen molar-refractivity contribution in [3.05, 3.63) is 24.0 Å². The van der Waals surface area contributed by atoms with Gasteiger partial charge >= 0.3 is 12.0 Å². The molecule has 2 amide bonds. The Morgan fingerprint density at radius 2 is 2.22 bits per heavy atom. The van der Waals surface area contributed by atoms with E-state index in [4.69, 9.17) is 5.11 Å². The van der Waals surface area contributed by atoms with Crippen LogP contribution < -0.4 is 10.6 Å². The third kappa shape index (κ3) is 3.19. The quantitative estimate of drug-likeness (QED) is 0.755. The van der Waals surface area contributed by atoms with Gasteiger partial charge in [0.25, 0.3) is 0 Å². The van der Waals surface area contributed by atoms with Crippen LogP contribution in [0.1, 0.15) is 23.7 Å². The molecule has 0 saturated heterocycles. The number of aromatic nitrogens is 1. The van der Waals surface area contributed by atoms with Gasteiger partial charge in [0.2, 0.25) is 0 Å². The lowest BCUT2D eigenvalue weighted by Gasteiger charge is -2.07. The first-order valence-corrected chi connectivity index (χ1v) is 5.79. The number of hydrogen-bond acceptors (Lipinski definition) is 3. The molecule has 0 radical (unpaired) electrons. The summed E-state index contributed by atoms with van der Waals surface area (Å²) >= 11 is 0. The van der Waals surface area contributed by atoms with E-state index in [0.29, 0.717) is 24.1 Å². The molecule has 1 heterocycles. The average Bonchev–Trinajstić information content (AvgIpc) is 3.03. The van der Waals surface area contributed by atoms with Crippen molar-refractivity contribution >= 4 is 17.7 Å². The van der Waals surface area contributed by atoms with Crippen molar-refractivity contribution in [1.29, 1.82) is 0 Å². The van der Waals surface area contributed by atoms with Gasteiger partial charge in [-0.3, -0.25) is 4.98 Å². The number of urea groups is 1. The molecule has 0 bridgehead atoms. The number of nitrogens with one attached hydrogen (secondary N) is 2. The van der Waals surface area contributed by atoms with Crippen molar-refractivity contribution in [3.63, 3.8) is 0 Å². The minimum absolute atomic E-state index is 0.0450. The first kappa shape index (κ1) is 12.3. The minimum Gasteiger partial charge on any atom is -0.478 e. The highest BCUT2D eigenvalue weighted by atomic mass is 16.4. The monoisotopic (exact) mass is 249 g/mol. The van der Waals surface area contributed by atoms with Crippen LogP contribution in [-0.2, 0) is 0 Å². The van der Waals surface area contributed by atoms with E-state index in [2.05, 4.69) is 22.5 Å². The number of hydrogen-bond donors (Lipinski definition) is 3. The number of pyridine rings is 1. The Hall–Kier alpha value is -2.11. The van der Waals surface area contributed by atoms with Crippen molar-refractivity contribution in [2.45, 2.75) is 13.3 Å². The molecular weight excluding hydrogens is 234 g/mol. The molecule has 2 unspecified atom stereocenters. The van der Waals surface area contributed by atoms with Gasteiger partial charge in [0.1, 0.15) is 0 Å². The first-order valence-electron chi connectivity index (χ1n) is 5.79. The fourth-order valence-corrected chi connectivity index (χ4v) is 1.71. The molecule has 0 spiro atoms. The summed E-state index contributed by atoms with van der Waals surface area (Å²) in [5.41, 5.74) is 0.417. The van der Waals surface area contributed by atoms with Gasteiger partial charge in [0, 0.05) is 12.7 Å². The molecule has 1 aromatic heterocycles. The summed E-state index contributed by atoms with van der Waals surface area (Å²) in [5, 5.41) is 14.1. The molecule has 6 nitrogen and oxygen atoms in total. The lowest BCUT2D eigenvalue weighted by Crippen LogP contribution is -2.30. The molecule has 0 aliphatic heterocycles. The van der Waals surface area contributed by atoms with Crippen LogP contribution in [0.5, 0.6) is 0 Å². The molecule has 1 aromatic rings. The van der Waals surface area contributed by atoms with E-state index in [0.717, 1.165) is 6.42 Å². The largest absolute Gasteiger partial charge is 0.478 e. The molecule has 1 saturated carbocycles. The number of nitrogens with zero attached hydrogens (tertiary/aromatic N) is 1. The van der Waals surface area contributed by atoms with Crippen LogP contribution in [0.4, 0.5) is 10.5 Å². The normalized spacial score (nSPS) is 21.2. The first-order chi connectivity index (χ1) is 8.56. The summed E-state index contributed by atoms with van der Waals surface area (Å²) in [4.78, 5) is 26.0. The second kappa shape index (κ2) is 5.03. The molecular formula is C12H15N3O3. The lowest BCUT2D eigenvalue weighted by molar-refractivity contribution is 0.0696. The van der Waals surface area contributed by atoms with E-state index >= 15 is 0 Å². The van der Waals surface area contributed by atoms with E-state index < -0.39 is 5.97 Å². The van der Waals surface area contributed by atoms with Gasteiger partial charge in [-0.25, -0.2) is 9.59 Å². The molecule has 1 fully saturated rings. The molecule has 1 aliphatic carbocycles. The van der Waals surface area contributed by atoms with Gasteiger partial charge in [-0.15, -0.1) is 0 Å². The van der Waals surface area contributed by atoms with E-state index in [1.54, 1.807) is 0 Å². The maximum absolute atomic E-state index is 11.5. The third-order valence-corrected chi connectivity index (χ3v) is 3.04. The highest BCUT2D eigenvalue weighted by molar-refractivity contribution is 5.92. The van der Waals surface area contributed by atoms with E-state index in [1.807, 2.05) is 0 Å². The van der Waals surface area contributed by atoms with Crippen molar-refractivity contribution < 1.29 is 14.7 Å². The highest BCUT2D eigenvalue weighted by Crippen LogP contribution is 2.36. The van der Waals surface area contributed by atoms with Crippen molar-refractivity contribution in [2.75, 3.05) is 11.9 Å². The number of amides is 2. The summed E-state index contributed by atoms with van der Waals surface area (Å²) in [7, 11) is 0. The Morgan fingerprint density at radius 3 is 2.83 bits per heavy atom. The number of carboxylic acids is 1. The Bertz CT molecular complexity index is 475. The van der Waals surface area contributed by atoms with Gasteiger partial charge in [0.15, 0.2) is 0 Å². The SMILES string of the molecule is CC1CC1CNC(=O)Nc1cncc(C(=O)O)c1. The summed E-state index contributed by atoms with van der Waals surface area (Å²) in [5.74, 6) is 0.180. The standard InChI is InChI=1S/C12H15N3O3/c1-7-2-8(7)5-14-12(18)15-10-3-9(11(16)17)4-13-6-10/h3-4,6-8H,2,5H2,1H3,(H,16,17)(H2,14,15,18). The van der Waals surface area contributed by atoms with Gasteiger partial charge in [-0.1, -0.05) is 6.92 Å². The smallest absolute Gasteiger partial charge is 0.337 e. The molecule has 1 aliphatic rings. The minimum atomic E-state index is -1.07. The van der Waals surface area contributed by atoms with Gasteiger partial charge in [-0.05, 0) is 24.3 Å². The van der Waals surface area contributed by atoms with E-state index in [9.17, 15) is 9.59 Å². The van der Waals surface area contributed by atoms with Crippen LogP contribution in [-0.4, -0.2) is 28.6 Å². The summed E-state index contributed by atoms with van der Waals surface area (Å²) < 4.78 is 0. The van der Waals surface area contributed by atoms with E-state index in [-0.39, 0.29) is 11.6 Å². The molecule has 18 heavy (non-hydrogen) atoms. The molecule has 6 heteroatoms. The molecule has 2 rings (SSSR count). The van der Waals surface area contributed by atoms with Crippen molar-refractivity contribution in [2.24, 2.45) is 11.8 Å². The fourth-order valence-electron chi connectivity index (χ4n) is 1.71. The highest BCUT2D eigenvalue weighted by Gasteiger charge is 2.32. The van der Waals surface area contributed by atoms with Gasteiger partial charge in [0.05, 0.1) is 17.4 Å². The van der Waals surface area contributed by atoms with Crippen LogP contribution >= 0.6 is 0 Å². The number of aromatic carboxylic acids is 1. The Morgan fingerprint density at radius 1 is 1.50 bits per heavy atom. The second-order valence-electron chi connectivity index (χ2n) is 4.58. The number of carbonyl (C=O) groups excluding carboxylic acids is 1. The third-order valence-electron chi connectivity index (χ3n) is 3.04. The number of carbonyl (C=O) groups is 2. The maximum Gasteiger partial charge on any atom is 0.337 e. The Balaban J connectivity index is 1.86. The van der Waals surface area contributed by atoms with Crippen LogP contribution in [0.15, 0.2) is 18.5 Å². The Labute approximate surface area is 104 Å². The van der Waals surface area contributed by atoms with Crippen molar-refractivity contribution in [1.82, 2.24) is 10.3 Å². The molecule has 0 aromatic carbocycles. The van der Waals surface area contributed by atoms with E-state index in [1.165, 1.54) is 18.5 Å². The predicted octanol–water partition coefficient (Wildman–Crippen LogP) is 1.56. The Kier molecular flexibility index (Phi) is 3.45. The van der Waals surface area contributed by atoms with Crippen LogP contribution in [0, 0.1) is 11.8 Å². The lowest BCUT2D eigenvalue weighted by atomic mass is 10.2.